The number of aliphatic hydroxyl groups is 2. The summed E-state index contributed by atoms with van der Waals surface area (Å²) in [6, 6.07) is 0. The SMILES string of the molecule is CC(=O)O.CC1C23CCC4(C)C(CCCCC(C)(C)O)C(O)C(=O)C4C2CCC2C(C)(C)C(OC4CN(CC(=O)N(C)C)CCO4)CCC213. The molecule has 5 aliphatic carbocycles. The lowest BCUT2D eigenvalue weighted by Gasteiger charge is -2.59. The molecule has 0 bridgehead atoms. The van der Waals surface area contributed by atoms with Gasteiger partial charge in [0.25, 0.3) is 5.97 Å². The van der Waals surface area contributed by atoms with Gasteiger partial charge < -0.3 is 29.7 Å². The van der Waals surface area contributed by atoms with Gasteiger partial charge >= 0.3 is 0 Å². The molecule has 0 aromatic carbocycles. The van der Waals surface area contributed by atoms with E-state index in [1.54, 1.807) is 19.0 Å². The Labute approximate surface area is 294 Å². The molecule has 6 fully saturated rings. The molecule has 1 saturated heterocycles. The van der Waals surface area contributed by atoms with E-state index < -0.39 is 17.7 Å². The minimum Gasteiger partial charge on any atom is -0.481 e. The molecule has 1 heterocycles. The number of carboxylic acids is 1. The predicted molar refractivity (Wildman–Crippen MR) is 186 cm³/mol. The van der Waals surface area contributed by atoms with Crippen LogP contribution in [0.1, 0.15) is 113 Å². The molecule has 1 aliphatic heterocycles. The zero-order valence-corrected chi connectivity index (χ0v) is 31.8. The molecular formula is C39H66N2O8. The Kier molecular flexibility index (Phi) is 10.8. The minimum absolute atomic E-state index is 0.0188. The van der Waals surface area contributed by atoms with Crippen molar-refractivity contribution >= 4 is 17.7 Å². The van der Waals surface area contributed by atoms with Crippen molar-refractivity contribution in [3.05, 3.63) is 0 Å². The van der Waals surface area contributed by atoms with E-state index in [4.69, 9.17) is 19.4 Å². The Balaban J connectivity index is 0.00000111. The number of ketones is 1. The van der Waals surface area contributed by atoms with Crippen molar-refractivity contribution in [2.75, 3.05) is 40.3 Å². The fourth-order valence-corrected chi connectivity index (χ4v) is 12.6. The summed E-state index contributed by atoms with van der Waals surface area (Å²) in [5, 5.41) is 29.0. The monoisotopic (exact) mass is 690 g/mol. The lowest BCUT2D eigenvalue weighted by molar-refractivity contribution is -0.245. The number of hydrogen-bond acceptors (Lipinski definition) is 8. The smallest absolute Gasteiger partial charge is 0.300 e. The summed E-state index contributed by atoms with van der Waals surface area (Å²) < 4.78 is 12.9. The highest BCUT2D eigenvalue weighted by atomic mass is 16.7. The first-order chi connectivity index (χ1) is 22.7. The summed E-state index contributed by atoms with van der Waals surface area (Å²) in [5.74, 6) is 0.880. The molecule has 10 nitrogen and oxygen atoms in total. The van der Waals surface area contributed by atoms with Crippen LogP contribution in [0.3, 0.4) is 0 Å². The molecular weight excluding hydrogens is 624 g/mol. The molecule has 3 N–H and O–H groups in total. The number of amides is 1. The highest BCUT2D eigenvalue weighted by Crippen LogP contribution is 2.89. The summed E-state index contributed by atoms with van der Waals surface area (Å²) in [6.07, 6.45) is 8.95. The molecule has 11 atom stereocenters. The number of hydrogen-bond donors (Lipinski definition) is 3. The fourth-order valence-electron chi connectivity index (χ4n) is 12.6. The largest absolute Gasteiger partial charge is 0.481 e. The molecule has 10 heteroatoms. The number of carbonyl (C=O) groups is 3. The van der Waals surface area contributed by atoms with Crippen LogP contribution in [0.15, 0.2) is 0 Å². The number of ether oxygens (including phenoxy) is 2. The van der Waals surface area contributed by atoms with Gasteiger partial charge in [-0.15, -0.1) is 0 Å². The molecule has 0 aromatic heterocycles. The minimum atomic E-state index is -0.844. The third-order valence-electron chi connectivity index (χ3n) is 14.8. The van der Waals surface area contributed by atoms with Crippen molar-refractivity contribution in [2.45, 2.75) is 137 Å². The highest BCUT2D eigenvalue weighted by molar-refractivity contribution is 5.89. The van der Waals surface area contributed by atoms with Gasteiger partial charge in [0.1, 0.15) is 6.10 Å². The number of rotatable bonds is 9. The van der Waals surface area contributed by atoms with Crippen LogP contribution in [0.2, 0.25) is 0 Å². The second-order valence-electron chi connectivity index (χ2n) is 18.4. The quantitative estimate of drug-likeness (QED) is 0.286. The predicted octanol–water partition coefficient (Wildman–Crippen LogP) is 4.99. The third kappa shape index (κ3) is 6.64. The maximum atomic E-state index is 14.0. The molecule has 280 valence electrons. The average Bonchev–Trinajstić information content (AvgIpc) is 3.45. The summed E-state index contributed by atoms with van der Waals surface area (Å²) >= 11 is 0. The van der Waals surface area contributed by atoms with Crippen LogP contribution in [-0.2, 0) is 23.9 Å². The first-order valence-corrected chi connectivity index (χ1v) is 19.1. The zero-order chi connectivity index (χ0) is 36.3. The van der Waals surface area contributed by atoms with Crippen molar-refractivity contribution in [3.63, 3.8) is 0 Å². The van der Waals surface area contributed by atoms with Crippen LogP contribution in [0.5, 0.6) is 0 Å². The van der Waals surface area contributed by atoms with E-state index in [1.807, 2.05) is 13.8 Å². The lowest BCUT2D eigenvalue weighted by atomic mass is 9.46. The van der Waals surface area contributed by atoms with Crippen LogP contribution in [0, 0.1) is 51.2 Å². The van der Waals surface area contributed by atoms with E-state index in [-0.39, 0.29) is 57.6 Å². The fraction of sp³-hybridized carbons (Fsp3) is 0.923. The number of Topliss-reactive ketones (excluding diaryl/α,β-unsaturated/α-hetero) is 1. The number of aliphatic hydroxyl groups excluding tert-OH is 1. The maximum absolute atomic E-state index is 14.0. The van der Waals surface area contributed by atoms with Crippen molar-refractivity contribution in [1.82, 2.24) is 9.80 Å². The van der Waals surface area contributed by atoms with Gasteiger partial charge in [-0.25, -0.2) is 0 Å². The standard InChI is InChI=1S/C37H62N2O6.C2H4O2/c1-23-36-18-17-35(6)25(11-9-10-15-33(2,3)43)31(41)32(42)30(35)24(36)12-13-26-34(4,5)27(14-16-37(23,26)36)45-29-22-39(19-20-44-29)21-28(40)38(7)8;1-2(3)4/h23-27,29-31,41,43H,9-22H2,1-8H3;1H3,(H,3,4). The third-order valence-corrected chi connectivity index (χ3v) is 14.8. The highest BCUT2D eigenvalue weighted by Gasteiger charge is 2.85. The Bertz CT molecular complexity index is 1240. The van der Waals surface area contributed by atoms with Crippen LogP contribution in [0.25, 0.3) is 0 Å². The molecule has 6 aliphatic rings. The Morgan fingerprint density at radius 3 is 2.37 bits per heavy atom. The summed E-state index contributed by atoms with van der Waals surface area (Å²) in [7, 11) is 3.60. The Hall–Kier alpha value is -1.59. The van der Waals surface area contributed by atoms with Gasteiger partial charge in [-0.3, -0.25) is 19.3 Å². The number of aliphatic carboxylic acids is 1. The average molecular weight is 691 g/mol. The number of unbranched alkanes of at least 4 members (excludes halogenated alkanes) is 1. The van der Waals surface area contributed by atoms with E-state index in [0.717, 1.165) is 71.3 Å². The molecule has 0 aromatic rings. The van der Waals surface area contributed by atoms with E-state index in [1.165, 1.54) is 6.42 Å². The lowest BCUT2D eigenvalue weighted by Crippen LogP contribution is -2.56. The van der Waals surface area contributed by atoms with Crippen LogP contribution < -0.4 is 0 Å². The number of fused-ring (bicyclic) bond motifs is 2. The maximum Gasteiger partial charge on any atom is 0.300 e. The van der Waals surface area contributed by atoms with Crippen LogP contribution in [0.4, 0.5) is 0 Å². The van der Waals surface area contributed by atoms with Crippen LogP contribution >= 0.6 is 0 Å². The molecule has 49 heavy (non-hydrogen) atoms. The normalized spacial score (nSPS) is 42.5. The van der Waals surface area contributed by atoms with E-state index in [9.17, 15) is 19.8 Å². The second-order valence-corrected chi connectivity index (χ2v) is 18.4. The molecule has 11 unspecified atom stereocenters. The van der Waals surface area contributed by atoms with Gasteiger partial charge in [-0.05, 0) is 111 Å². The Morgan fingerprint density at radius 2 is 1.73 bits per heavy atom. The molecule has 5 saturated carbocycles. The number of carboxylic acid groups (broad SMARTS) is 1. The number of morpholine rings is 1. The Morgan fingerprint density at radius 1 is 1.06 bits per heavy atom. The topological polar surface area (TPSA) is 137 Å². The van der Waals surface area contributed by atoms with Crippen molar-refractivity contribution < 1.29 is 39.2 Å². The molecule has 2 spiro atoms. The number of carbonyl (C=O) groups excluding carboxylic acids is 2. The number of nitrogens with zero attached hydrogens (tertiary/aromatic N) is 2. The molecule has 0 radical (unpaired) electrons. The summed E-state index contributed by atoms with van der Waals surface area (Å²) in [6.45, 7) is 16.8. The summed E-state index contributed by atoms with van der Waals surface area (Å²) in [5.41, 5.74) is -0.385. The second kappa shape index (κ2) is 13.8. The van der Waals surface area contributed by atoms with Gasteiger partial charge in [-0.2, -0.15) is 0 Å². The first-order valence-electron chi connectivity index (χ1n) is 19.1. The summed E-state index contributed by atoms with van der Waals surface area (Å²) in [4.78, 5) is 39.2. The van der Waals surface area contributed by atoms with Gasteiger partial charge in [-0.1, -0.05) is 40.5 Å². The number of likely N-dealkylation sites (N-methyl/N-ethyl adjacent to an activating group) is 1. The van der Waals surface area contributed by atoms with Crippen LogP contribution in [-0.4, -0.2) is 107 Å². The van der Waals surface area contributed by atoms with Crippen molar-refractivity contribution in [2.24, 2.45) is 51.2 Å². The van der Waals surface area contributed by atoms with Gasteiger partial charge in [0, 0.05) is 33.5 Å². The van der Waals surface area contributed by atoms with Crippen molar-refractivity contribution in [3.8, 4) is 0 Å². The first kappa shape index (κ1) is 38.6. The van der Waals surface area contributed by atoms with Gasteiger partial charge in [0.15, 0.2) is 12.1 Å². The van der Waals surface area contributed by atoms with E-state index >= 15 is 0 Å². The van der Waals surface area contributed by atoms with E-state index in [2.05, 4.69) is 32.6 Å². The molecule has 6 rings (SSSR count). The van der Waals surface area contributed by atoms with Gasteiger partial charge in [0.05, 0.1) is 31.4 Å². The van der Waals surface area contributed by atoms with Gasteiger partial charge in [0.2, 0.25) is 5.91 Å². The zero-order valence-electron chi connectivity index (χ0n) is 31.8. The van der Waals surface area contributed by atoms with Crippen molar-refractivity contribution in [1.29, 1.82) is 0 Å². The van der Waals surface area contributed by atoms with E-state index in [0.29, 0.717) is 37.5 Å². The molecule has 1 amide bonds.